The van der Waals surface area contributed by atoms with Gasteiger partial charge in [0.15, 0.2) is 0 Å². The van der Waals surface area contributed by atoms with Gasteiger partial charge in [0.2, 0.25) is 0 Å². The van der Waals surface area contributed by atoms with Gasteiger partial charge >= 0.3 is 47.5 Å². The molecule has 0 bridgehead atoms. The average Bonchev–Trinajstić information content (AvgIpc) is 2.11. The normalized spacial score (nSPS) is 8.75. The van der Waals surface area contributed by atoms with Crippen LogP contribution in [-0.4, -0.2) is 29.0 Å². The summed E-state index contributed by atoms with van der Waals surface area (Å²) >= 11 is 0. The Morgan fingerprint density at radius 3 is 1.75 bits per heavy atom. The van der Waals surface area contributed by atoms with Gasteiger partial charge in [-0.3, -0.25) is 14.4 Å². The molecule has 8 heteroatoms. The Bertz CT molecular complexity index is 258. The number of rotatable bonds is 6. The van der Waals surface area contributed by atoms with Gasteiger partial charge in [-0.05, 0) is 6.42 Å². The number of esters is 2. The number of carboxylic acids is 2. The standard InChI is InChI=1S/C8H10O7.Na/c9-5(10)1-3-7(13)15-8(14)4-2-6(11)12;/h1-4H2,(H,9,10)(H,11,12);/q;+1/p-1. The van der Waals surface area contributed by atoms with Gasteiger partial charge in [0.1, 0.15) is 0 Å². The minimum atomic E-state index is -1.43. The van der Waals surface area contributed by atoms with Crippen molar-refractivity contribution in [1.29, 1.82) is 0 Å². The van der Waals surface area contributed by atoms with Gasteiger partial charge < -0.3 is 19.7 Å². The van der Waals surface area contributed by atoms with Crippen molar-refractivity contribution in [3.8, 4) is 0 Å². The van der Waals surface area contributed by atoms with Crippen molar-refractivity contribution in [2.75, 3.05) is 0 Å². The summed E-state index contributed by atoms with van der Waals surface area (Å²) in [6.07, 6.45) is -1.87. The molecular formula is C8H9NaO7. The SMILES string of the molecule is O=C([O-])CCC(=O)OC(=O)CCC(=O)O.[Na+]. The number of hydrogen-bond donors (Lipinski definition) is 1. The van der Waals surface area contributed by atoms with Crippen LogP contribution in [0.3, 0.4) is 0 Å². The van der Waals surface area contributed by atoms with Crippen LogP contribution in [0.2, 0.25) is 0 Å². The monoisotopic (exact) mass is 240 g/mol. The average molecular weight is 240 g/mol. The number of aliphatic carboxylic acids is 2. The van der Waals surface area contributed by atoms with Gasteiger partial charge in [0.05, 0.1) is 19.3 Å². The van der Waals surface area contributed by atoms with Crippen molar-refractivity contribution in [2.45, 2.75) is 25.7 Å². The molecule has 84 valence electrons. The molecule has 16 heavy (non-hydrogen) atoms. The molecule has 0 aromatic heterocycles. The molecule has 0 aliphatic carbocycles. The Morgan fingerprint density at radius 1 is 0.938 bits per heavy atom. The maximum Gasteiger partial charge on any atom is 1.00 e. The van der Waals surface area contributed by atoms with Gasteiger partial charge in [-0.25, -0.2) is 0 Å². The van der Waals surface area contributed by atoms with E-state index in [-0.39, 0.29) is 29.6 Å². The molecule has 0 heterocycles. The van der Waals surface area contributed by atoms with Crippen LogP contribution >= 0.6 is 0 Å². The van der Waals surface area contributed by atoms with E-state index in [1.807, 2.05) is 0 Å². The second-order valence-corrected chi connectivity index (χ2v) is 2.61. The van der Waals surface area contributed by atoms with E-state index >= 15 is 0 Å². The fraction of sp³-hybridized carbons (Fsp3) is 0.500. The fourth-order valence-corrected chi connectivity index (χ4v) is 0.642. The van der Waals surface area contributed by atoms with E-state index in [0.717, 1.165) is 0 Å². The topological polar surface area (TPSA) is 121 Å². The number of hydrogen-bond acceptors (Lipinski definition) is 6. The predicted molar refractivity (Wildman–Crippen MR) is 42.2 cm³/mol. The van der Waals surface area contributed by atoms with Crippen molar-refractivity contribution in [3.63, 3.8) is 0 Å². The molecule has 0 aromatic carbocycles. The maximum absolute atomic E-state index is 10.7. The van der Waals surface area contributed by atoms with Crippen LogP contribution in [-0.2, 0) is 23.9 Å². The number of carbonyl (C=O) groups excluding carboxylic acids is 3. The number of carboxylic acid groups (broad SMARTS) is 2. The van der Waals surface area contributed by atoms with E-state index in [4.69, 9.17) is 5.11 Å². The summed E-state index contributed by atoms with van der Waals surface area (Å²) in [5.74, 6) is -4.60. The zero-order valence-corrected chi connectivity index (χ0v) is 10.7. The van der Waals surface area contributed by atoms with Gasteiger partial charge in [0, 0.05) is 5.97 Å². The quantitative estimate of drug-likeness (QED) is 0.282. The van der Waals surface area contributed by atoms with Gasteiger partial charge in [0.25, 0.3) is 0 Å². The number of ether oxygens (including phenoxy) is 1. The zero-order chi connectivity index (χ0) is 11.8. The largest absolute Gasteiger partial charge is 1.00 e. The first-order valence-corrected chi connectivity index (χ1v) is 4.07. The number of carbonyl (C=O) groups is 4. The summed E-state index contributed by atoms with van der Waals surface area (Å²) in [6.45, 7) is 0. The van der Waals surface area contributed by atoms with Crippen LogP contribution in [0.1, 0.15) is 25.7 Å². The van der Waals surface area contributed by atoms with Gasteiger partial charge in [-0.1, -0.05) is 0 Å². The second kappa shape index (κ2) is 9.32. The van der Waals surface area contributed by atoms with E-state index in [9.17, 15) is 24.3 Å². The molecule has 0 amide bonds. The second-order valence-electron chi connectivity index (χ2n) is 2.61. The zero-order valence-electron chi connectivity index (χ0n) is 8.73. The van der Waals surface area contributed by atoms with Gasteiger partial charge in [-0.2, -0.15) is 0 Å². The van der Waals surface area contributed by atoms with Crippen LogP contribution in [0.5, 0.6) is 0 Å². The first kappa shape index (κ1) is 17.5. The van der Waals surface area contributed by atoms with Crippen LogP contribution in [0.4, 0.5) is 0 Å². The molecule has 0 aromatic rings. The van der Waals surface area contributed by atoms with Crippen molar-refractivity contribution in [1.82, 2.24) is 0 Å². The van der Waals surface area contributed by atoms with Crippen molar-refractivity contribution in [2.24, 2.45) is 0 Å². The summed E-state index contributed by atoms with van der Waals surface area (Å²) in [5.41, 5.74) is 0. The van der Waals surface area contributed by atoms with Gasteiger partial charge in [-0.15, -0.1) is 0 Å². The molecule has 0 rings (SSSR count). The smallest absolute Gasteiger partial charge is 0.550 e. The molecule has 0 fully saturated rings. The molecule has 1 N–H and O–H groups in total. The maximum atomic E-state index is 10.7. The van der Waals surface area contributed by atoms with Crippen LogP contribution in [0, 0.1) is 0 Å². The van der Waals surface area contributed by atoms with Crippen molar-refractivity contribution >= 4 is 23.9 Å². The summed E-state index contributed by atoms with van der Waals surface area (Å²) in [6, 6.07) is 0. The summed E-state index contributed by atoms with van der Waals surface area (Å²) in [4.78, 5) is 41.4. The minimum Gasteiger partial charge on any atom is -0.550 e. The third-order valence-corrected chi connectivity index (χ3v) is 1.30. The summed E-state index contributed by atoms with van der Waals surface area (Å²) in [5, 5.41) is 18.1. The van der Waals surface area contributed by atoms with Crippen molar-refractivity contribution in [3.05, 3.63) is 0 Å². The molecule has 7 nitrogen and oxygen atoms in total. The Labute approximate surface area is 113 Å². The van der Waals surface area contributed by atoms with Crippen molar-refractivity contribution < 1.29 is 63.7 Å². The molecular weight excluding hydrogens is 231 g/mol. The van der Waals surface area contributed by atoms with E-state index in [1.54, 1.807) is 0 Å². The third kappa shape index (κ3) is 11.2. The minimum absolute atomic E-state index is 0. The first-order valence-electron chi connectivity index (χ1n) is 4.07. The van der Waals surface area contributed by atoms with E-state index < -0.39 is 49.6 Å². The summed E-state index contributed by atoms with van der Waals surface area (Å²) in [7, 11) is 0. The first-order chi connectivity index (χ1) is 6.91. The Balaban J connectivity index is 0. The molecule has 0 saturated heterocycles. The molecule has 0 aliphatic rings. The molecule has 0 saturated carbocycles. The van der Waals surface area contributed by atoms with E-state index in [0.29, 0.717) is 0 Å². The predicted octanol–water partition coefficient (Wildman–Crippen LogP) is -4.54. The molecule has 0 spiro atoms. The van der Waals surface area contributed by atoms with E-state index in [2.05, 4.69) is 4.74 Å². The molecule has 0 aliphatic heterocycles. The Morgan fingerprint density at radius 2 is 1.38 bits per heavy atom. The fourth-order valence-electron chi connectivity index (χ4n) is 0.642. The molecule has 0 unspecified atom stereocenters. The third-order valence-electron chi connectivity index (χ3n) is 1.30. The summed E-state index contributed by atoms with van der Waals surface area (Å²) < 4.78 is 4.12. The van der Waals surface area contributed by atoms with Crippen LogP contribution in [0.25, 0.3) is 0 Å². The van der Waals surface area contributed by atoms with E-state index in [1.165, 1.54) is 0 Å². The van der Waals surface area contributed by atoms with Crippen LogP contribution in [0.15, 0.2) is 0 Å². The molecule has 0 radical (unpaired) electrons. The Kier molecular flexibility index (Phi) is 10.2. The molecule has 0 atom stereocenters. The van der Waals surface area contributed by atoms with Crippen LogP contribution < -0.4 is 34.7 Å². The Hall–Kier alpha value is -0.920.